The number of amides is 1. The van der Waals surface area contributed by atoms with E-state index in [-0.39, 0.29) is 25.4 Å². The SMILES string of the molecule is O=C(NCc1cccc(-c2cccc([C@@H]3O[C@H](CN4CCCCC4)C[C@H](c4ccc(CO)cc4)O3)c2)c1)C(Cl)(Cl)Cl. The average molecular weight is 618 g/mol. The van der Waals surface area contributed by atoms with Gasteiger partial charge in [0.15, 0.2) is 6.29 Å². The highest BCUT2D eigenvalue weighted by molar-refractivity contribution is 6.76. The van der Waals surface area contributed by atoms with Crippen molar-refractivity contribution in [3.05, 3.63) is 95.1 Å². The number of hydrogen-bond donors (Lipinski definition) is 2. The van der Waals surface area contributed by atoms with Crippen LogP contribution in [-0.4, -0.2) is 45.4 Å². The molecule has 2 fully saturated rings. The summed E-state index contributed by atoms with van der Waals surface area (Å²) in [6.45, 7) is 3.35. The number of nitrogens with one attached hydrogen (secondary N) is 1. The molecule has 2 aliphatic heterocycles. The van der Waals surface area contributed by atoms with E-state index < -0.39 is 16.0 Å². The third-order valence-electron chi connectivity index (χ3n) is 7.66. The molecule has 3 atom stereocenters. The van der Waals surface area contributed by atoms with E-state index in [2.05, 4.69) is 16.3 Å². The standard InChI is InChI=1S/C32H35Cl3N2O4/c33-32(34,35)31(39)36-19-23-6-4-7-25(16-23)26-8-5-9-27(17-26)30-40-28(20-37-14-2-1-3-15-37)18-29(41-30)24-12-10-22(21-38)11-13-24/h4-13,16-17,28-30,38H,1-3,14-15,18-21H2,(H,36,39)/t28-,29+,30+/m0/s1. The van der Waals surface area contributed by atoms with Crippen LogP contribution in [0, 0.1) is 0 Å². The van der Waals surface area contributed by atoms with Gasteiger partial charge in [0.1, 0.15) is 0 Å². The van der Waals surface area contributed by atoms with Crippen LogP contribution in [0.15, 0.2) is 72.8 Å². The minimum Gasteiger partial charge on any atom is -0.392 e. The van der Waals surface area contributed by atoms with Crippen molar-refractivity contribution >= 4 is 40.7 Å². The summed E-state index contributed by atoms with van der Waals surface area (Å²) in [7, 11) is 0. The highest BCUT2D eigenvalue weighted by atomic mass is 35.6. The monoisotopic (exact) mass is 616 g/mol. The second-order valence-corrected chi connectivity index (χ2v) is 13.0. The molecule has 3 aromatic carbocycles. The first-order valence-electron chi connectivity index (χ1n) is 14.1. The van der Waals surface area contributed by atoms with Gasteiger partial charge in [-0.15, -0.1) is 0 Å². The van der Waals surface area contributed by atoms with Crippen molar-refractivity contribution in [2.24, 2.45) is 0 Å². The number of aliphatic hydroxyl groups is 1. The highest BCUT2D eigenvalue weighted by Crippen LogP contribution is 2.39. The van der Waals surface area contributed by atoms with E-state index in [1.54, 1.807) is 0 Å². The number of carbonyl (C=O) groups is 1. The largest absolute Gasteiger partial charge is 0.392 e. The van der Waals surface area contributed by atoms with Crippen molar-refractivity contribution in [3.8, 4) is 11.1 Å². The van der Waals surface area contributed by atoms with Crippen LogP contribution < -0.4 is 5.32 Å². The summed E-state index contributed by atoms with van der Waals surface area (Å²) in [5.41, 5.74) is 5.78. The zero-order valence-electron chi connectivity index (χ0n) is 22.8. The first kappa shape index (κ1) is 30.3. The van der Waals surface area contributed by atoms with Gasteiger partial charge in [0.25, 0.3) is 9.70 Å². The van der Waals surface area contributed by atoms with E-state index in [4.69, 9.17) is 44.3 Å². The number of halogens is 3. The number of alkyl halides is 3. The van der Waals surface area contributed by atoms with Crippen LogP contribution in [0.25, 0.3) is 11.1 Å². The molecule has 2 aliphatic rings. The van der Waals surface area contributed by atoms with Gasteiger partial charge in [0, 0.05) is 25.1 Å². The minimum absolute atomic E-state index is 0.0163. The Morgan fingerprint density at radius 2 is 1.59 bits per heavy atom. The smallest absolute Gasteiger partial charge is 0.272 e. The van der Waals surface area contributed by atoms with Crippen LogP contribution in [0.3, 0.4) is 0 Å². The molecule has 0 aliphatic carbocycles. The Morgan fingerprint density at radius 3 is 2.29 bits per heavy atom. The maximum Gasteiger partial charge on any atom is 0.272 e. The van der Waals surface area contributed by atoms with E-state index in [1.807, 2.05) is 66.7 Å². The second kappa shape index (κ2) is 13.9. The molecule has 9 heteroatoms. The Hall–Kier alpha value is -2.16. The zero-order valence-corrected chi connectivity index (χ0v) is 25.0. The molecule has 0 spiro atoms. The Labute approximate surface area is 256 Å². The summed E-state index contributed by atoms with van der Waals surface area (Å²) in [5, 5.41) is 12.1. The highest BCUT2D eigenvalue weighted by Gasteiger charge is 2.33. The fourth-order valence-corrected chi connectivity index (χ4v) is 5.67. The van der Waals surface area contributed by atoms with Crippen molar-refractivity contribution < 1.29 is 19.4 Å². The van der Waals surface area contributed by atoms with Gasteiger partial charge in [-0.25, -0.2) is 0 Å². The first-order chi connectivity index (χ1) is 19.8. The van der Waals surface area contributed by atoms with E-state index in [1.165, 1.54) is 19.3 Å². The van der Waals surface area contributed by atoms with Crippen LogP contribution in [0.1, 0.15) is 60.3 Å². The van der Waals surface area contributed by atoms with Crippen molar-refractivity contribution in [2.45, 2.75) is 61.1 Å². The van der Waals surface area contributed by atoms with Gasteiger partial charge in [0.05, 0.1) is 18.8 Å². The third-order valence-corrected chi connectivity index (χ3v) is 8.17. The number of ether oxygens (including phenoxy) is 2. The number of likely N-dealkylation sites (tertiary alicyclic amines) is 1. The molecule has 0 aromatic heterocycles. The number of piperidine rings is 1. The molecule has 2 heterocycles. The van der Waals surface area contributed by atoms with Crippen LogP contribution >= 0.6 is 34.8 Å². The molecule has 0 saturated carbocycles. The molecule has 3 aromatic rings. The van der Waals surface area contributed by atoms with Crippen LogP contribution in [-0.2, 0) is 27.4 Å². The normalized spacial score (nSPS) is 21.9. The van der Waals surface area contributed by atoms with E-state index >= 15 is 0 Å². The number of hydrogen-bond acceptors (Lipinski definition) is 5. The topological polar surface area (TPSA) is 71.0 Å². The average Bonchev–Trinajstić information content (AvgIpc) is 3.00. The van der Waals surface area contributed by atoms with Crippen molar-refractivity contribution in [2.75, 3.05) is 19.6 Å². The van der Waals surface area contributed by atoms with Crippen LogP contribution in [0.2, 0.25) is 0 Å². The van der Waals surface area contributed by atoms with Gasteiger partial charge in [-0.05, 0) is 65.9 Å². The summed E-state index contributed by atoms with van der Waals surface area (Å²) in [6, 6.07) is 24.0. The molecule has 0 bridgehead atoms. The Bertz CT molecular complexity index is 1310. The zero-order chi connectivity index (χ0) is 28.8. The lowest BCUT2D eigenvalue weighted by Crippen LogP contribution is -2.41. The number of carbonyl (C=O) groups excluding carboxylic acids is 1. The van der Waals surface area contributed by atoms with E-state index in [0.717, 1.165) is 59.4 Å². The molecule has 218 valence electrons. The quantitative estimate of drug-likeness (QED) is 0.270. The molecule has 2 saturated heterocycles. The minimum atomic E-state index is -2.00. The molecular formula is C32H35Cl3N2O4. The Morgan fingerprint density at radius 1 is 0.878 bits per heavy atom. The van der Waals surface area contributed by atoms with Gasteiger partial charge >= 0.3 is 0 Å². The lowest BCUT2D eigenvalue weighted by molar-refractivity contribution is -0.253. The molecule has 0 radical (unpaired) electrons. The van der Waals surface area contributed by atoms with E-state index in [9.17, 15) is 9.90 Å². The molecule has 5 rings (SSSR count). The summed E-state index contributed by atoms with van der Waals surface area (Å²) in [4.78, 5) is 14.5. The lowest BCUT2D eigenvalue weighted by atomic mass is 9.98. The van der Waals surface area contributed by atoms with Gasteiger partial charge in [0.2, 0.25) is 0 Å². The molecule has 6 nitrogen and oxygen atoms in total. The number of benzene rings is 3. The number of aliphatic hydroxyl groups excluding tert-OH is 1. The van der Waals surface area contributed by atoms with Gasteiger partial charge in [-0.1, -0.05) is 102 Å². The predicted octanol–water partition coefficient (Wildman–Crippen LogP) is 6.86. The summed E-state index contributed by atoms with van der Waals surface area (Å²) >= 11 is 17.0. The van der Waals surface area contributed by atoms with E-state index in [0.29, 0.717) is 0 Å². The fourth-order valence-electron chi connectivity index (χ4n) is 5.47. The maximum atomic E-state index is 12.0. The Balaban J connectivity index is 1.35. The van der Waals surface area contributed by atoms with Crippen molar-refractivity contribution in [3.63, 3.8) is 0 Å². The first-order valence-corrected chi connectivity index (χ1v) is 15.2. The lowest BCUT2D eigenvalue weighted by Gasteiger charge is -2.39. The number of nitrogens with zero attached hydrogens (tertiary/aromatic N) is 1. The van der Waals surface area contributed by atoms with Gasteiger partial charge in [-0.2, -0.15) is 0 Å². The van der Waals surface area contributed by atoms with Gasteiger partial charge < -0.3 is 24.8 Å². The third kappa shape index (κ3) is 8.23. The Kier molecular flexibility index (Phi) is 10.3. The summed E-state index contributed by atoms with van der Waals surface area (Å²) in [6.07, 6.45) is 3.91. The predicted molar refractivity (Wildman–Crippen MR) is 163 cm³/mol. The maximum absolute atomic E-state index is 12.0. The molecular weight excluding hydrogens is 583 g/mol. The van der Waals surface area contributed by atoms with Gasteiger partial charge in [-0.3, -0.25) is 4.79 Å². The van der Waals surface area contributed by atoms with Crippen LogP contribution in [0.5, 0.6) is 0 Å². The number of rotatable bonds is 8. The summed E-state index contributed by atoms with van der Waals surface area (Å²) in [5.74, 6) is -0.666. The molecule has 0 unspecified atom stereocenters. The van der Waals surface area contributed by atoms with Crippen molar-refractivity contribution in [1.82, 2.24) is 10.2 Å². The molecule has 41 heavy (non-hydrogen) atoms. The van der Waals surface area contributed by atoms with Crippen LogP contribution in [0.4, 0.5) is 0 Å². The molecule has 2 N–H and O–H groups in total. The molecule has 1 amide bonds. The van der Waals surface area contributed by atoms with Crippen molar-refractivity contribution in [1.29, 1.82) is 0 Å². The summed E-state index contributed by atoms with van der Waals surface area (Å²) < 4.78 is 11.2. The second-order valence-electron chi connectivity index (χ2n) is 10.7. The fraction of sp³-hybridized carbons (Fsp3) is 0.406.